The normalized spacial score (nSPS) is 10.1. The predicted molar refractivity (Wildman–Crippen MR) is 73.7 cm³/mol. The molecule has 0 aliphatic carbocycles. The van der Waals surface area contributed by atoms with Gasteiger partial charge in [0.05, 0.1) is 16.8 Å². The first-order valence-corrected chi connectivity index (χ1v) is 5.74. The average molecular weight is 273 g/mol. The molecule has 0 spiro atoms. The van der Waals surface area contributed by atoms with E-state index in [1.165, 1.54) is 18.2 Å². The van der Waals surface area contributed by atoms with E-state index in [1.807, 2.05) is 0 Å². The highest BCUT2D eigenvalue weighted by atomic mass is 19.1. The Bertz CT molecular complexity index is 686. The van der Waals surface area contributed by atoms with Crippen molar-refractivity contribution in [3.05, 3.63) is 59.4 Å². The van der Waals surface area contributed by atoms with Crippen LogP contribution < -0.4 is 16.8 Å². The van der Waals surface area contributed by atoms with Gasteiger partial charge >= 0.3 is 0 Å². The van der Waals surface area contributed by atoms with Gasteiger partial charge in [0.15, 0.2) is 0 Å². The van der Waals surface area contributed by atoms with Crippen molar-refractivity contribution in [3.63, 3.8) is 0 Å². The molecule has 6 heteroatoms. The summed E-state index contributed by atoms with van der Waals surface area (Å²) >= 11 is 0. The first-order chi connectivity index (χ1) is 9.49. The van der Waals surface area contributed by atoms with Gasteiger partial charge in [-0.05, 0) is 30.3 Å². The monoisotopic (exact) mass is 273 g/mol. The second kappa shape index (κ2) is 5.40. The lowest BCUT2D eigenvalue weighted by molar-refractivity contribution is 0.100. The van der Waals surface area contributed by atoms with Crippen LogP contribution in [0.3, 0.4) is 0 Å². The van der Waals surface area contributed by atoms with E-state index in [1.54, 1.807) is 12.1 Å². The van der Waals surface area contributed by atoms with Crippen molar-refractivity contribution in [2.24, 2.45) is 5.73 Å². The molecule has 0 bridgehead atoms. The van der Waals surface area contributed by atoms with Crippen LogP contribution in [-0.4, -0.2) is 11.8 Å². The summed E-state index contributed by atoms with van der Waals surface area (Å²) in [5.41, 5.74) is 11.4. The molecule has 2 aromatic carbocycles. The molecule has 0 atom stereocenters. The molecular formula is C14H12FN3O2. The van der Waals surface area contributed by atoms with Crippen molar-refractivity contribution in [3.8, 4) is 0 Å². The SMILES string of the molecule is NC(=O)c1ccccc1NC(=O)c1cc(F)ccc1N. The van der Waals surface area contributed by atoms with E-state index in [0.29, 0.717) is 0 Å². The van der Waals surface area contributed by atoms with Crippen LogP contribution in [-0.2, 0) is 0 Å². The molecule has 0 aromatic heterocycles. The summed E-state index contributed by atoms with van der Waals surface area (Å²) < 4.78 is 13.1. The number of hydrogen-bond acceptors (Lipinski definition) is 3. The maximum atomic E-state index is 13.1. The zero-order valence-electron chi connectivity index (χ0n) is 10.4. The summed E-state index contributed by atoms with van der Waals surface area (Å²) in [5, 5.41) is 2.49. The Morgan fingerprint density at radius 1 is 1.05 bits per heavy atom. The Kier molecular flexibility index (Phi) is 3.65. The minimum atomic E-state index is -0.673. The number of carbonyl (C=O) groups is 2. The Labute approximate surface area is 114 Å². The molecule has 20 heavy (non-hydrogen) atoms. The van der Waals surface area contributed by atoms with E-state index >= 15 is 0 Å². The van der Waals surface area contributed by atoms with Gasteiger partial charge in [0.25, 0.3) is 11.8 Å². The topological polar surface area (TPSA) is 98.2 Å². The summed E-state index contributed by atoms with van der Waals surface area (Å²) in [7, 11) is 0. The molecule has 2 amide bonds. The van der Waals surface area contributed by atoms with E-state index in [4.69, 9.17) is 11.5 Å². The smallest absolute Gasteiger partial charge is 0.257 e. The highest BCUT2D eigenvalue weighted by molar-refractivity contribution is 6.10. The van der Waals surface area contributed by atoms with Gasteiger partial charge in [-0.25, -0.2) is 4.39 Å². The molecule has 0 saturated carbocycles. The standard InChI is InChI=1S/C14H12FN3O2/c15-8-5-6-11(16)10(7-8)14(20)18-12-4-2-1-3-9(12)13(17)19/h1-7H,16H2,(H2,17,19)(H,18,20). The largest absolute Gasteiger partial charge is 0.398 e. The summed E-state index contributed by atoms with van der Waals surface area (Å²) in [4.78, 5) is 23.3. The number of nitrogens with two attached hydrogens (primary N) is 2. The zero-order chi connectivity index (χ0) is 14.7. The van der Waals surface area contributed by atoms with Crippen molar-refractivity contribution in [1.29, 1.82) is 0 Å². The van der Waals surface area contributed by atoms with Gasteiger partial charge < -0.3 is 16.8 Å². The molecule has 2 rings (SSSR count). The number of amides is 2. The quantitative estimate of drug-likeness (QED) is 0.743. The maximum absolute atomic E-state index is 13.1. The van der Waals surface area contributed by atoms with Crippen molar-refractivity contribution in [2.75, 3.05) is 11.1 Å². The summed E-state index contributed by atoms with van der Waals surface area (Å²) in [6.07, 6.45) is 0. The molecule has 5 N–H and O–H groups in total. The second-order valence-corrected chi connectivity index (χ2v) is 4.10. The molecule has 0 unspecified atom stereocenters. The van der Waals surface area contributed by atoms with Gasteiger partial charge in [0, 0.05) is 5.69 Å². The van der Waals surface area contributed by atoms with E-state index in [2.05, 4.69) is 5.32 Å². The molecule has 0 saturated heterocycles. The third-order valence-corrected chi connectivity index (χ3v) is 2.70. The van der Waals surface area contributed by atoms with Crippen LogP contribution in [0.1, 0.15) is 20.7 Å². The van der Waals surface area contributed by atoms with Crippen LogP contribution in [0, 0.1) is 5.82 Å². The van der Waals surface area contributed by atoms with Crippen molar-refractivity contribution >= 4 is 23.2 Å². The molecular weight excluding hydrogens is 261 g/mol. The number of para-hydroxylation sites is 1. The zero-order valence-corrected chi connectivity index (χ0v) is 10.4. The number of rotatable bonds is 3. The van der Waals surface area contributed by atoms with Crippen molar-refractivity contribution in [2.45, 2.75) is 0 Å². The number of benzene rings is 2. The summed E-state index contributed by atoms with van der Waals surface area (Å²) in [6, 6.07) is 9.73. The van der Waals surface area contributed by atoms with Crippen LogP contribution in [0.2, 0.25) is 0 Å². The fourth-order valence-corrected chi connectivity index (χ4v) is 1.72. The number of carbonyl (C=O) groups excluding carboxylic acids is 2. The Balaban J connectivity index is 2.33. The van der Waals surface area contributed by atoms with Crippen molar-refractivity contribution in [1.82, 2.24) is 0 Å². The minimum absolute atomic E-state index is 0.00993. The number of hydrogen-bond donors (Lipinski definition) is 3. The van der Waals surface area contributed by atoms with Crippen LogP contribution >= 0.6 is 0 Å². The van der Waals surface area contributed by atoms with Crippen LogP contribution in [0.4, 0.5) is 15.8 Å². The minimum Gasteiger partial charge on any atom is -0.398 e. The number of nitrogen functional groups attached to an aromatic ring is 1. The lowest BCUT2D eigenvalue weighted by Crippen LogP contribution is -2.19. The second-order valence-electron chi connectivity index (χ2n) is 4.10. The van der Waals surface area contributed by atoms with Crippen LogP contribution in [0.15, 0.2) is 42.5 Å². The van der Waals surface area contributed by atoms with Gasteiger partial charge in [-0.15, -0.1) is 0 Å². The number of halogens is 1. The summed E-state index contributed by atoms with van der Waals surface area (Å²) in [5.74, 6) is -1.86. The molecule has 0 radical (unpaired) electrons. The molecule has 5 nitrogen and oxygen atoms in total. The van der Waals surface area contributed by atoms with E-state index in [9.17, 15) is 14.0 Å². The van der Waals surface area contributed by atoms with E-state index in [-0.39, 0.29) is 22.5 Å². The van der Waals surface area contributed by atoms with Gasteiger partial charge in [0.2, 0.25) is 0 Å². The van der Waals surface area contributed by atoms with Crippen molar-refractivity contribution < 1.29 is 14.0 Å². The first-order valence-electron chi connectivity index (χ1n) is 5.74. The van der Waals surface area contributed by atoms with E-state index < -0.39 is 17.6 Å². The Morgan fingerprint density at radius 3 is 2.45 bits per heavy atom. The molecule has 102 valence electrons. The lowest BCUT2D eigenvalue weighted by Gasteiger charge is -2.10. The molecule has 0 fully saturated rings. The van der Waals surface area contributed by atoms with Crippen LogP contribution in [0.5, 0.6) is 0 Å². The fourth-order valence-electron chi connectivity index (χ4n) is 1.72. The number of anilines is 2. The van der Waals surface area contributed by atoms with Crippen LogP contribution in [0.25, 0.3) is 0 Å². The summed E-state index contributed by atoms with van der Waals surface area (Å²) in [6.45, 7) is 0. The fraction of sp³-hybridized carbons (Fsp3) is 0. The molecule has 2 aromatic rings. The predicted octanol–water partition coefficient (Wildman–Crippen LogP) is 1.76. The average Bonchev–Trinajstić information content (AvgIpc) is 2.41. The Hall–Kier alpha value is -2.89. The van der Waals surface area contributed by atoms with Gasteiger partial charge in [-0.1, -0.05) is 12.1 Å². The Morgan fingerprint density at radius 2 is 1.75 bits per heavy atom. The number of nitrogens with one attached hydrogen (secondary N) is 1. The lowest BCUT2D eigenvalue weighted by atomic mass is 10.1. The number of primary amides is 1. The molecule has 0 aliphatic rings. The molecule has 0 aliphatic heterocycles. The van der Waals surface area contributed by atoms with Gasteiger partial charge in [-0.3, -0.25) is 9.59 Å². The molecule has 0 heterocycles. The van der Waals surface area contributed by atoms with E-state index in [0.717, 1.165) is 12.1 Å². The maximum Gasteiger partial charge on any atom is 0.257 e. The van der Waals surface area contributed by atoms with Gasteiger partial charge in [0.1, 0.15) is 5.82 Å². The van der Waals surface area contributed by atoms with Gasteiger partial charge in [-0.2, -0.15) is 0 Å². The highest BCUT2D eigenvalue weighted by Crippen LogP contribution is 2.18. The highest BCUT2D eigenvalue weighted by Gasteiger charge is 2.14. The first kappa shape index (κ1) is 13.5. The third kappa shape index (κ3) is 2.74. The third-order valence-electron chi connectivity index (χ3n) is 2.70.